The summed E-state index contributed by atoms with van der Waals surface area (Å²) in [6, 6.07) is 1.75. The van der Waals surface area contributed by atoms with E-state index < -0.39 is 0 Å². The van der Waals surface area contributed by atoms with Crippen LogP contribution in [0.25, 0.3) is 0 Å². The summed E-state index contributed by atoms with van der Waals surface area (Å²) >= 11 is 5.80. The van der Waals surface area contributed by atoms with Crippen LogP contribution in [0.5, 0.6) is 0 Å². The van der Waals surface area contributed by atoms with E-state index in [1.165, 1.54) is 6.33 Å². The van der Waals surface area contributed by atoms with Crippen LogP contribution in [-0.4, -0.2) is 34.8 Å². The summed E-state index contributed by atoms with van der Waals surface area (Å²) in [5.41, 5.74) is -0.0164. The van der Waals surface area contributed by atoms with Gasteiger partial charge in [-0.15, -0.1) is 0 Å². The monoisotopic (exact) mass is 227 g/mol. The second-order valence-corrected chi connectivity index (χ2v) is 4.73. The van der Waals surface area contributed by atoms with Crippen LogP contribution in [-0.2, 0) is 0 Å². The molecule has 0 saturated carbocycles. The number of aliphatic hydroxyl groups is 1. The average molecular weight is 228 g/mol. The third kappa shape index (κ3) is 2.21. The van der Waals surface area contributed by atoms with Crippen LogP contribution in [0.1, 0.15) is 13.3 Å². The van der Waals surface area contributed by atoms with Crippen LogP contribution in [0.3, 0.4) is 0 Å². The quantitative estimate of drug-likeness (QED) is 0.775. The van der Waals surface area contributed by atoms with E-state index in [-0.39, 0.29) is 12.0 Å². The van der Waals surface area contributed by atoms with Crippen molar-refractivity contribution in [1.82, 2.24) is 9.97 Å². The van der Waals surface area contributed by atoms with Gasteiger partial charge < -0.3 is 10.0 Å². The summed E-state index contributed by atoms with van der Waals surface area (Å²) < 4.78 is 0. The van der Waals surface area contributed by atoms with E-state index in [9.17, 15) is 5.11 Å². The molecule has 1 aliphatic heterocycles. The van der Waals surface area contributed by atoms with Crippen molar-refractivity contribution in [2.45, 2.75) is 13.3 Å². The third-order valence-electron chi connectivity index (χ3n) is 2.88. The number of halogens is 1. The molecule has 15 heavy (non-hydrogen) atoms. The predicted octanol–water partition coefficient (Wildman–Crippen LogP) is 1.34. The molecule has 1 N–H and O–H groups in total. The zero-order chi connectivity index (χ0) is 10.9. The SMILES string of the molecule is CC1(CO)CCN(c2cc(Cl)ncn2)C1. The van der Waals surface area contributed by atoms with Gasteiger partial charge in [0.2, 0.25) is 0 Å². The van der Waals surface area contributed by atoms with Gasteiger partial charge in [-0.05, 0) is 6.42 Å². The summed E-state index contributed by atoms with van der Waals surface area (Å²) in [5.74, 6) is 0.840. The highest BCUT2D eigenvalue weighted by molar-refractivity contribution is 6.29. The van der Waals surface area contributed by atoms with Crippen molar-refractivity contribution in [2.24, 2.45) is 5.41 Å². The van der Waals surface area contributed by atoms with Crippen molar-refractivity contribution < 1.29 is 5.11 Å². The Hall–Kier alpha value is -0.870. The smallest absolute Gasteiger partial charge is 0.134 e. The Balaban J connectivity index is 2.14. The van der Waals surface area contributed by atoms with E-state index in [1.54, 1.807) is 6.07 Å². The zero-order valence-corrected chi connectivity index (χ0v) is 9.41. The lowest BCUT2D eigenvalue weighted by Gasteiger charge is -2.22. The molecule has 1 saturated heterocycles. The van der Waals surface area contributed by atoms with E-state index in [0.29, 0.717) is 5.15 Å². The summed E-state index contributed by atoms with van der Waals surface area (Å²) in [6.07, 6.45) is 2.44. The highest BCUT2D eigenvalue weighted by atomic mass is 35.5. The molecule has 0 amide bonds. The molecule has 2 heterocycles. The maximum atomic E-state index is 9.26. The Bertz CT molecular complexity index is 360. The van der Waals surface area contributed by atoms with Gasteiger partial charge in [0.1, 0.15) is 17.3 Å². The predicted molar refractivity (Wildman–Crippen MR) is 59.1 cm³/mol. The minimum Gasteiger partial charge on any atom is -0.396 e. The van der Waals surface area contributed by atoms with E-state index in [1.807, 2.05) is 0 Å². The summed E-state index contributed by atoms with van der Waals surface area (Å²) in [7, 11) is 0. The summed E-state index contributed by atoms with van der Waals surface area (Å²) in [5, 5.41) is 9.72. The maximum Gasteiger partial charge on any atom is 0.134 e. The second kappa shape index (κ2) is 3.94. The molecule has 1 aromatic heterocycles. The molecule has 1 atom stereocenters. The number of anilines is 1. The van der Waals surface area contributed by atoms with Crippen LogP contribution in [0.2, 0.25) is 5.15 Å². The standard InChI is InChI=1S/C10H14ClN3O/c1-10(6-15)2-3-14(5-10)9-4-8(11)12-7-13-9/h4,7,15H,2-3,5-6H2,1H3. The van der Waals surface area contributed by atoms with E-state index in [4.69, 9.17) is 11.6 Å². The molecule has 1 aliphatic rings. The van der Waals surface area contributed by atoms with Crippen molar-refractivity contribution in [1.29, 1.82) is 0 Å². The Labute approximate surface area is 93.9 Å². The lowest BCUT2D eigenvalue weighted by Crippen LogP contribution is -2.27. The minimum absolute atomic E-state index is 0.0164. The number of nitrogens with zero attached hydrogens (tertiary/aromatic N) is 3. The van der Waals surface area contributed by atoms with Gasteiger partial charge >= 0.3 is 0 Å². The average Bonchev–Trinajstić information content (AvgIpc) is 2.62. The molecule has 0 bridgehead atoms. The number of aromatic nitrogens is 2. The molecule has 2 rings (SSSR count). The van der Waals surface area contributed by atoms with E-state index in [0.717, 1.165) is 25.3 Å². The van der Waals surface area contributed by atoms with Crippen LogP contribution < -0.4 is 4.90 Å². The summed E-state index contributed by atoms with van der Waals surface area (Å²) in [4.78, 5) is 10.1. The zero-order valence-electron chi connectivity index (χ0n) is 8.65. The first kappa shape index (κ1) is 10.6. The molecule has 0 aromatic carbocycles. The lowest BCUT2D eigenvalue weighted by molar-refractivity contribution is 0.162. The van der Waals surface area contributed by atoms with Gasteiger partial charge in [-0.25, -0.2) is 9.97 Å². The van der Waals surface area contributed by atoms with E-state index >= 15 is 0 Å². The highest BCUT2D eigenvalue weighted by Gasteiger charge is 2.33. The molecule has 4 nitrogen and oxygen atoms in total. The fourth-order valence-electron chi connectivity index (χ4n) is 1.85. The van der Waals surface area contributed by atoms with Crippen molar-refractivity contribution >= 4 is 17.4 Å². The molecule has 1 aromatic rings. The van der Waals surface area contributed by atoms with Crippen molar-refractivity contribution in [2.75, 3.05) is 24.6 Å². The number of hydrogen-bond acceptors (Lipinski definition) is 4. The molecule has 0 spiro atoms. The first-order chi connectivity index (χ1) is 7.13. The molecular formula is C10H14ClN3O. The van der Waals surface area contributed by atoms with Crippen LogP contribution in [0.4, 0.5) is 5.82 Å². The third-order valence-corrected chi connectivity index (χ3v) is 3.09. The molecular weight excluding hydrogens is 214 g/mol. The first-order valence-electron chi connectivity index (χ1n) is 4.96. The van der Waals surface area contributed by atoms with Gasteiger partial charge in [0.15, 0.2) is 0 Å². The number of rotatable bonds is 2. The maximum absolute atomic E-state index is 9.26. The molecule has 82 valence electrons. The largest absolute Gasteiger partial charge is 0.396 e. The molecule has 5 heteroatoms. The van der Waals surface area contributed by atoms with Crippen LogP contribution in [0.15, 0.2) is 12.4 Å². The normalized spacial score (nSPS) is 25.9. The minimum atomic E-state index is -0.0164. The molecule has 1 unspecified atom stereocenters. The van der Waals surface area contributed by atoms with Crippen LogP contribution >= 0.6 is 11.6 Å². The van der Waals surface area contributed by atoms with Crippen molar-refractivity contribution in [3.63, 3.8) is 0 Å². The van der Waals surface area contributed by atoms with Crippen LogP contribution in [0, 0.1) is 5.41 Å². The highest BCUT2D eigenvalue weighted by Crippen LogP contribution is 2.31. The van der Waals surface area contributed by atoms with Gasteiger partial charge in [0.05, 0.1) is 6.61 Å². The van der Waals surface area contributed by atoms with Crippen molar-refractivity contribution in [3.05, 3.63) is 17.5 Å². The fourth-order valence-corrected chi connectivity index (χ4v) is 1.99. The van der Waals surface area contributed by atoms with Crippen molar-refractivity contribution in [3.8, 4) is 0 Å². The topological polar surface area (TPSA) is 49.2 Å². The molecule has 1 fully saturated rings. The Kier molecular flexibility index (Phi) is 2.80. The number of aliphatic hydroxyl groups excluding tert-OH is 1. The van der Waals surface area contributed by atoms with E-state index in [2.05, 4.69) is 21.8 Å². The Morgan fingerprint density at radius 3 is 3.00 bits per heavy atom. The number of hydrogen-bond donors (Lipinski definition) is 1. The van der Waals surface area contributed by atoms with Gasteiger partial charge in [-0.3, -0.25) is 0 Å². The van der Waals surface area contributed by atoms with Gasteiger partial charge in [-0.2, -0.15) is 0 Å². The van der Waals surface area contributed by atoms with Gasteiger partial charge in [0.25, 0.3) is 0 Å². The Morgan fingerprint density at radius 1 is 1.60 bits per heavy atom. The second-order valence-electron chi connectivity index (χ2n) is 4.34. The lowest BCUT2D eigenvalue weighted by atomic mass is 9.91. The molecule has 0 aliphatic carbocycles. The Morgan fingerprint density at radius 2 is 2.40 bits per heavy atom. The first-order valence-corrected chi connectivity index (χ1v) is 5.34. The molecule has 0 radical (unpaired) electrons. The van der Waals surface area contributed by atoms with Gasteiger partial charge in [-0.1, -0.05) is 18.5 Å². The fraction of sp³-hybridized carbons (Fsp3) is 0.600. The van der Waals surface area contributed by atoms with Gasteiger partial charge in [0, 0.05) is 24.6 Å². The summed E-state index contributed by atoms with van der Waals surface area (Å²) in [6.45, 7) is 4.01.